The number of fused-ring (bicyclic) bond motifs is 2. The van der Waals surface area contributed by atoms with Crippen LogP contribution in [0.25, 0.3) is 0 Å². The Bertz CT molecular complexity index is 1070. The van der Waals surface area contributed by atoms with Crippen molar-refractivity contribution in [2.45, 2.75) is 31.6 Å². The van der Waals surface area contributed by atoms with Crippen molar-refractivity contribution >= 4 is 29.6 Å². The molecule has 10 nitrogen and oxygen atoms in total. The lowest BCUT2D eigenvalue weighted by atomic mass is 9.66. The fourth-order valence-corrected chi connectivity index (χ4v) is 4.07. The number of hydrogen-bond acceptors (Lipinski definition) is 10. The summed E-state index contributed by atoms with van der Waals surface area (Å²) in [5, 5.41) is 0. The van der Waals surface area contributed by atoms with Gasteiger partial charge in [-0.05, 0) is 12.5 Å². The number of carbonyl (C=O) groups is 4. The van der Waals surface area contributed by atoms with E-state index in [0.29, 0.717) is 12.1 Å². The highest BCUT2D eigenvalue weighted by Gasteiger charge is 2.64. The number of carbonyl (C=O) groups excluding carboxylic acids is 4. The Hall–Kier alpha value is -3.82. The number of nitrogens with two attached hydrogens (primary N) is 1. The van der Waals surface area contributed by atoms with E-state index in [2.05, 4.69) is 4.74 Å². The molecule has 0 aromatic heterocycles. The molecule has 0 aliphatic carbocycles. The number of unbranched alkanes of at least 4 members (excludes halogenated alkanes) is 1. The molecule has 1 aromatic rings. The summed E-state index contributed by atoms with van der Waals surface area (Å²) in [5.74, 6) is -3.91. The van der Waals surface area contributed by atoms with Gasteiger partial charge in [-0.1, -0.05) is 31.5 Å². The normalized spacial score (nSPS) is 19.4. The molecule has 0 bridgehead atoms. The Morgan fingerprint density at radius 1 is 1.09 bits per heavy atom. The molecular weight excluding hydrogens is 432 g/mol. The van der Waals surface area contributed by atoms with Crippen LogP contribution in [0.2, 0.25) is 0 Å². The molecule has 2 aliphatic heterocycles. The summed E-state index contributed by atoms with van der Waals surface area (Å²) >= 11 is 0. The van der Waals surface area contributed by atoms with Crippen LogP contribution in [0.5, 0.6) is 0 Å². The second kappa shape index (κ2) is 9.35. The van der Waals surface area contributed by atoms with E-state index in [4.69, 9.17) is 19.9 Å². The minimum absolute atomic E-state index is 0.0899. The average Bonchev–Trinajstić information content (AvgIpc) is 3.08. The minimum Gasteiger partial charge on any atom is -0.469 e. The highest BCUT2D eigenvalue weighted by molar-refractivity contribution is 6.16. The van der Waals surface area contributed by atoms with Gasteiger partial charge in [0.15, 0.2) is 5.41 Å². The molecular formula is C23H26N2O8. The molecule has 0 fully saturated rings. The van der Waals surface area contributed by atoms with Crippen molar-refractivity contribution in [1.29, 1.82) is 0 Å². The second-order valence-electron chi connectivity index (χ2n) is 7.51. The fourth-order valence-electron chi connectivity index (χ4n) is 4.07. The molecule has 33 heavy (non-hydrogen) atoms. The number of rotatable bonds is 7. The molecule has 2 aliphatic rings. The maximum Gasteiger partial charge on any atom is 0.339 e. The van der Waals surface area contributed by atoms with E-state index in [-0.39, 0.29) is 34.9 Å². The molecule has 0 saturated carbocycles. The molecule has 3 rings (SSSR count). The number of cyclic esters (lactones) is 1. The lowest BCUT2D eigenvalue weighted by Crippen LogP contribution is -2.50. The number of hydrogen-bond donors (Lipinski definition) is 1. The van der Waals surface area contributed by atoms with Crippen LogP contribution in [0.15, 0.2) is 47.0 Å². The number of anilines is 1. The van der Waals surface area contributed by atoms with E-state index in [0.717, 1.165) is 20.6 Å². The maximum atomic E-state index is 13.6. The molecule has 0 radical (unpaired) electrons. The summed E-state index contributed by atoms with van der Waals surface area (Å²) in [6, 6.07) is 6.64. The van der Waals surface area contributed by atoms with Gasteiger partial charge in [-0.15, -0.1) is 0 Å². The van der Waals surface area contributed by atoms with Crippen molar-refractivity contribution in [2.75, 3.05) is 32.8 Å². The van der Waals surface area contributed by atoms with Crippen molar-refractivity contribution in [1.82, 2.24) is 0 Å². The van der Waals surface area contributed by atoms with E-state index >= 15 is 0 Å². The fraction of sp³-hybridized carbons (Fsp3) is 0.391. The van der Waals surface area contributed by atoms with E-state index < -0.39 is 35.7 Å². The van der Waals surface area contributed by atoms with E-state index in [1.165, 1.54) is 4.90 Å². The molecule has 10 heteroatoms. The zero-order chi connectivity index (χ0) is 24.3. The van der Waals surface area contributed by atoms with Crippen molar-refractivity contribution in [3.63, 3.8) is 0 Å². The summed E-state index contributed by atoms with van der Waals surface area (Å²) in [6.07, 6.45) is 0.842. The Morgan fingerprint density at radius 3 is 2.42 bits per heavy atom. The van der Waals surface area contributed by atoms with Crippen LogP contribution >= 0.6 is 0 Å². The van der Waals surface area contributed by atoms with Crippen LogP contribution < -0.4 is 10.6 Å². The van der Waals surface area contributed by atoms with Gasteiger partial charge in [0.25, 0.3) is 0 Å². The third-order valence-corrected chi connectivity index (χ3v) is 5.70. The first-order valence-corrected chi connectivity index (χ1v) is 10.4. The molecule has 1 spiro atoms. The Kier molecular flexibility index (Phi) is 6.75. The smallest absolute Gasteiger partial charge is 0.339 e. The summed E-state index contributed by atoms with van der Waals surface area (Å²) < 4.78 is 20.5. The van der Waals surface area contributed by atoms with Gasteiger partial charge in [-0.3, -0.25) is 4.79 Å². The first-order valence-electron chi connectivity index (χ1n) is 10.4. The maximum absolute atomic E-state index is 13.6. The van der Waals surface area contributed by atoms with E-state index in [9.17, 15) is 19.2 Å². The summed E-state index contributed by atoms with van der Waals surface area (Å²) in [6.45, 7) is 2.02. The number of para-hydroxylation sites is 1. The highest BCUT2D eigenvalue weighted by Crippen LogP contribution is 2.54. The van der Waals surface area contributed by atoms with E-state index in [1.54, 1.807) is 31.3 Å². The second-order valence-corrected chi connectivity index (χ2v) is 7.51. The average molecular weight is 458 g/mol. The SMILES string of the molecule is CCCCOC(=O)C1=C(N)N(C)c2ccccc2C12C(=O)OC(CC(=O)OC)=C2C(=O)OC. The van der Waals surface area contributed by atoms with Crippen molar-refractivity contribution in [3.05, 3.63) is 52.6 Å². The zero-order valence-corrected chi connectivity index (χ0v) is 18.9. The van der Waals surface area contributed by atoms with Gasteiger partial charge in [-0.2, -0.15) is 0 Å². The van der Waals surface area contributed by atoms with Gasteiger partial charge in [0, 0.05) is 18.3 Å². The van der Waals surface area contributed by atoms with Gasteiger partial charge < -0.3 is 29.6 Å². The lowest BCUT2D eigenvalue weighted by molar-refractivity contribution is -0.148. The first-order chi connectivity index (χ1) is 15.7. The predicted molar refractivity (Wildman–Crippen MR) is 115 cm³/mol. The molecule has 1 unspecified atom stereocenters. The molecule has 0 saturated heterocycles. The Morgan fingerprint density at radius 2 is 1.79 bits per heavy atom. The number of ether oxygens (including phenoxy) is 4. The Labute approximate surface area is 190 Å². The van der Waals surface area contributed by atoms with E-state index in [1.807, 2.05) is 6.92 Å². The molecule has 2 N–H and O–H groups in total. The standard InChI is InChI=1S/C23H26N2O8/c1-5-6-11-32-21(28)18-19(24)25(2)14-10-8-7-9-13(14)23(18)17(20(27)31-4)15(33-22(23)29)12-16(26)30-3/h7-10H,5-6,11-12,24H2,1-4H3. The van der Waals surface area contributed by atoms with Gasteiger partial charge in [0.1, 0.15) is 29.1 Å². The quantitative estimate of drug-likeness (QED) is 0.363. The largest absolute Gasteiger partial charge is 0.469 e. The van der Waals surface area contributed by atoms with Crippen LogP contribution in [0.3, 0.4) is 0 Å². The first kappa shape index (κ1) is 23.8. The molecule has 1 aromatic carbocycles. The predicted octanol–water partition coefficient (Wildman–Crippen LogP) is 1.43. The number of nitrogens with zero attached hydrogens (tertiary/aromatic N) is 1. The summed E-state index contributed by atoms with van der Waals surface area (Å²) in [4.78, 5) is 53.5. The van der Waals surface area contributed by atoms with Gasteiger partial charge in [0.2, 0.25) is 0 Å². The van der Waals surface area contributed by atoms with Crippen molar-refractivity contribution in [3.8, 4) is 0 Å². The topological polar surface area (TPSA) is 134 Å². The highest BCUT2D eigenvalue weighted by atomic mass is 16.6. The lowest BCUT2D eigenvalue weighted by Gasteiger charge is -2.39. The molecule has 176 valence electrons. The van der Waals surface area contributed by atoms with Crippen molar-refractivity contribution < 1.29 is 38.1 Å². The van der Waals surface area contributed by atoms with Crippen LogP contribution in [-0.4, -0.2) is 51.8 Å². The minimum atomic E-state index is -2.08. The Balaban J connectivity index is 2.37. The molecule has 2 heterocycles. The molecule has 1 atom stereocenters. The van der Waals surface area contributed by atoms with Crippen molar-refractivity contribution in [2.24, 2.45) is 5.73 Å². The third kappa shape index (κ3) is 3.71. The van der Waals surface area contributed by atoms with Crippen LogP contribution in [0.4, 0.5) is 5.69 Å². The van der Waals surface area contributed by atoms with Crippen LogP contribution in [0.1, 0.15) is 31.7 Å². The zero-order valence-electron chi connectivity index (χ0n) is 18.9. The number of esters is 4. The number of methoxy groups -OCH3 is 2. The number of benzene rings is 1. The van der Waals surface area contributed by atoms with Gasteiger partial charge >= 0.3 is 23.9 Å². The van der Waals surface area contributed by atoms with Crippen LogP contribution in [0, 0.1) is 0 Å². The monoisotopic (exact) mass is 458 g/mol. The summed E-state index contributed by atoms with van der Waals surface area (Å²) in [7, 11) is 3.90. The van der Waals surface area contributed by atoms with Crippen LogP contribution in [-0.2, 0) is 43.5 Å². The molecule has 0 amide bonds. The summed E-state index contributed by atoms with van der Waals surface area (Å²) in [5.41, 5.74) is 4.45. The van der Waals surface area contributed by atoms with Gasteiger partial charge in [0.05, 0.1) is 20.8 Å². The third-order valence-electron chi connectivity index (χ3n) is 5.70. The van der Waals surface area contributed by atoms with Gasteiger partial charge in [-0.25, -0.2) is 14.4 Å².